The average Bonchev–Trinajstić information content (AvgIpc) is 3.16. The van der Waals surface area contributed by atoms with Crippen LogP contribution < -0.4 is 4.80 Å². The van der Waals surface area contributed by atoms with Gasteiger partial charge in [0.2, 0.25) is 4.80 Å². The number of benzene rings is 2. The summed E-state index contributed by atoms with van der Waals surface area (Å²) in [6.07, 6.45) is 3.53. The summed E-state index contributed by atoms with van der Waals surface area (Å²) < 4.78 is 1.89. The molecule has 0 aliphatic rings. The van der Waals surface area contributed by atoms with Gasteiger partial charge < -0.3 is 0 Å². The van der Waals surface area contributed by atoms with E-state index >= 15 is 0 Å². The lowest BCUT2D eigenvalue weighted by molar-refractivity contribution is 0.832. The SMILES string of the molecule is CCN=c1scc(-c2ccc(-c3ccccc3)cc2)n1/N=C/c1ccccn1. The highest BCUT2D eigenvalue weighted by molar-refractivity contribution is 7.07. The fourth-order valence-electron chi connectivity index (χ4n) is 2.89. The predicted molar refractivity (Wildman–Crippen MR) is 117 cm³/mol. The van der Waals surface area contributed by atoms with Gasteiger partial charge in [0.25, 0.3) is 0 Å². The van der Waals surface area contributed by atoms with Crippen LogP contribution in [-0.4, -0.2) is 22.4 Å². The summed E-state index contributed by atoms with van der Waals surface area (Å²) in [5.74, 6) is 0. The van der Waals surface area contributed by atoms with Crippen molar-refractivity contribution in [3.05, 3.63) is 94.9 Å². The third-order valence-corrected chi connectivity index (χ3v) is 5.11. The smallest absolute Gasteiger partial charge is 0.206 e. The summed E-state index contributed by atoms with van der Waals surface area (Å²) in [5.41, 5.74) is 5.34. The standard InChI is InChI=1S/C23H20N4S/c1-2-24-23-27(26-16-21-10-6-7-15-25-21)22(17-28-23)20-13-11-19(12-14-20)18-8-4-3-5-9-18/h3-17H,2H2,1H3/b24-23?,26-16+. The Morgan fingerprint density at radius 3 is 2.32 bits per heavy atom. The summed E-state index contributed by atoms with van der Waals surface area (Å²) in [7, 11) is 0. The number of rotatable bonds is 5. The van der Waals surface area contributed by atoms with E-state index in [9.17, 15) is 0 Å². The van der Waals surface area contributed by atoms with Gasteiger partial charge in [-0.25, -0.2) is 4.68 Å². The van der Waals surface area contributed by atoms with Crippen LogP contribution in [0.15, 0.2) is 94.5 Å². The predicted octanol–water partition coefficient (Wildman–Crippen LogP) is 5.08. The molecule has 4 rings (SSSR count). The molecule has 2 aromatic heterocycles. The second-order valence-electron chi connectivity index (χ2n) is 6.13. The number of nitrogens with zero attached hydrogens (tertiary/aromatic N) is 4. The van der Waals surface area contributed by atoms with Gasteiger partial charge in [-0.1, -0.05) is 60.7 Å². The quantitative estimate of drug-likeness (QED) is 0.442. The molecule has 0 bridgehead atoms. The van der Waals surface area contributed by atoms with Gasteiger partial charge in [0.05, 0.1) is 17.6 Å². The van der Waals surface area contributed by atoms with Crippen LogP contribution in [0.4, 0.5) is 0 Å². The third kappa shape index (κ3) is 4.00. The summed E-state index contributed by atoms with van der Waals surface area (Å²) in [5, 5.41) is 6.76. The fourth-order valence-corrected chi connectivity index (χ4v) is 3.79. The number of hydrogen-bond acceptors (Lipinski definition) is 4. The van der Waals surface area contributed by atoms with E-state index in [1.165, 1.54) is 11.1 Å². The van der Waals surface area contributed by atoms with Crippen molar-refractivity contribution in [3.63, 3.8) is 0 Å². The highest BCUT2D eigenvalue weighted by Crippen LogP contribution is 2.25. The Hall–Kier alpha value is -3.31. The Balaban J connectivity index is 1.72. The minimum atomic E-state index is 0.714. The van der Waals surface area contributed by atoms with Gasteiger partial charge in [0.1, 0.15) is 0 Å². The van der Waals surface area contributed by atoms with Crippen LogP contribution in [0.5, 0.6) is 0 Å². The van der Waals surface area contributed by atoms with Crippen molar-refractivity contribution in [1.29, 1.82) is 0 Å². The van der Waals surface area contributed by atoms with Gasteiger partial charge >= 0.3 is 0 Å². The second-order valence-corrected chi connectivity index (χ2v) is 6.97. The lowest BCUT2D eigenvalue weighted by atomic mass is 10.0. The maximum Gasteiger partial charge on any atom is 0.206 e. The van der Waals surface area contributed by atoms with Crippen molar-refractivity contribution >= 4 is 17.6 Å². The van der Waals surface area contributed by atoms with Gasteiger partial charge in [0, 0.05) is 23.7 Å². The first-order valence-electron chi connectivity index (χ1n) is 9.17. The van der Waals surface area contributed by atoms with E-state index in [1.807, 2.05) is 35.9 Å². The van der Waals surface area contributed by atoms with Gasteiger partial charge in [-0.15, -0.1) is 11.3 Å². The largest absolute Gasteiger partial charge is 0.258 e. The molecule has 28 heavy (non-hydrogen) atoms. The molecule has 4 aromatic rings. The van der Waals surface area contributed by atoms with E-state index in [2.05, 4.69) is 69.0 Å². The van der Waals surface area contributed by atoms with Crippen molar-refractivity contribution in [2.75, 3.05) is 6.54 Å². The maximum absolute atomic E-state index is 4.66. The summed E-state index contributed by atoms with van der Waals surface area (Å²) in [4.78, 5) is 9.76. The molecule has 0 N–H and O–H groups in total. The van der Waals surface area contributed by atoms with Crippen LogP contribution in [-0.2, 0) is 0 Å². The Morgan fingerprint density at radius 2 is 1.61 bits per heavy atom. The van der Waals surface area contributed by atoms with Crippen LogP contribution in [0.25, 0.3) is 22.4 Å². The molecule has 0 saturated carbocycles. The summed E-state index contributed by atoms with van der Waals surface area (Å²) in [6.45, 7) is 2.74. The number of thiazole rings is 1. The lowest BCUT2D eigenvalue weighted by Crippen LogP contribution is -2.12. The zero-order valence-corrected chi connectivity index (χ0v) is 16.4. The van der Waals surface area contributed by atoms with E-state index in [0.29, 0.717) is 6.54 Å². The molecule has 0 aliphatic heterocycles. The molecule has 4 nitrogen and oxygen atoms in total. The highest BCUT2D eigenvalue weighted by Gasteiger charge is 2.08. The number of aromatic nitrogens is 2. The highest BCUT2D eigenvalue weighted by atomic mass is 32.1. The normalized spacial score (nSPS) is 12.0. The maximum atomic E-state index is 4.66. The molecule has 0 spiro atoms. The van der Waals surface area contributed by atoms with Crippen molar-refractivity contribution in [3.8, 4) is 22.4 Å². The van der Waals surface area contributed by atoms with Crippen LogP contribution in [0, 0.1) is 0 Å². The van der Waals surface area contributed by atoms with Gasteiger partial charge in [-0.05, 0) is 30.2 Å². The van der Waals surface area contributed by atoms with Crippen molar-refractivity contribution in [2.45, 2.75) is 6.92 Å². The fraction of sp³-hybridized carbons (Fsp3) is 0.0870. The minimum Gasteiger partial charge on any atom is -0.258 e. The van der Waals surface area contributed by atoms with Crippen molar-refractivity contribution in [1.82, 2.24) is 9.66 Å². The molecule has 0 aliphatic carbocycles. The van der Waals surface area contributed by atoms with Gasteiger partial charge in [0.15, 0.2) is 0 Å². The van der Waals surface area contributed by atoms with Crippen LogP contribution >= 0.6 is 11.3 Å². The Labute approximate surface area is 168 Å². The average molecular weight is 385 g/mol. The zero-order chi connectivity index (χ0) is 19.2. The molecule has 2 aromatic carbocycles. The molecule has 2 heterocycles. The molecule has 0 unspecified atom stereocenters. The van der Waals surface area contributed by atoms with E-state index in [0.717, 1.165) is 21.8 Å². The van der Waals surface area contributed by atoms with Crippen molar-refractivity contribution in [2.24, 2.45) is 10.1 Å². The molecule has 0 amide bonds. The molecular weight excluding hydrogens is 364 g/mol. The Kier molecular flexibility index (Phi) is 5.54. The summed E-state index contributed by atoms with van der Waals surface area (Å²) in [6, 6.07) is 24.7. The van der Waals surface area contributed by atoms with Gasteiger partial charge in [-0.3, -0.25) is 9.98 Å². The molecule has 0 atom stereocenters. The molecule has 0 fully saturated rings. The van der Waals surface area contributed by atoms with E-state index < -0.39 is 0 Å². The second kappa shape index (κ2) is 8.59. The Morgan fingerprint density at radius 1 is 0.893 bits per heavy atom. The lowest BCUT2D eigenvalue weighted by Gasteiger charge is -2.06. The first kappa shape index (κ1) is 18.1. The van der Waals surface area contributed by atoms with Crippen molar-refractivity contribution < 1.29 is 0 Å². The molecule has 0 radical (unpaired) electrons. The number of pyridine rings is 1. The zero-order valence-electron chi connectivity index (χ0n) is 15.6. The Bertz CT molecular complexity index is 1120. The third-order valence-electron chi connectivity index (χ3n) is 4.26. The first-order valence-corrected chi connectivity index (χ1v) is 10.1. The van der Waals surface area contributed by atoms with Crippen LogP contribution in [0.2, 0.25) is 0 Å². The monoisotopic (exact) mass is 384 g/mol. The van der Waals surface area contributed by atoms with E-state index in [4.69, 9.17) is 0 Å². The van der Waals surface area contributed by atoms with Crippen LogP contribution in [0.3, 0.4) is 0 Å². The van der Waals surface area contributed by atoms with E-state index in [-0.39, 0.29) is 0 Å². The minimum absolute atomic E-state index is 0.714. The molecule has 0 saturated heterocycles. The van der Waals surface area contributed by atoms with E-state index in [1.54, 1.807) is 23.7 Å². The number of hydrogen-bond donors (Lipinski definition) is 0. The molecule has 5 heteroatoms. The topological polar surface area (TPSA) is 42.5 Å². The van der Waals surface area contributed by atoms with Gasteiger partial charge in [-0.2, -0.15) is 5.10 Å². The molecular formula is C23H20N4S. The summed E-state index contributed by atoms with van der Waals surface area (Å²) >= 11 is 1.59. The van der Waals surface area contributed by atoms with Crippen LogP contribution in [0.1, 0.15) is 12.6 Å². The molecule has 138 valence electrons. The first-order chi connectivity index (χ1) is 13.8.